The van der Waals surface area contributed by atoms with E-state index in [0.717, 1.165) is 0 Å². The second-order valence-electron chi connectivity index (χ2n) is 5.22. The molecule has 7 heteroatoms. The van der Waals surface area contributed by atoms with Gasteiger partial charge in [-0.1, -0.05) is 47.6 Å². The molecule has 2 N–H and O–H groups in total. The molecule has 25 heavy (non-hydrogen) atoms. The standard InChI is InChI=1S/C18H13N3O4/c22-18-16(13-7-4-8-15(9-13)21(24)25)10-14(11-19-18)17(20-23)12-5-2-1-3-6-12/h1-11,23H,(H,19,22). The Morgan fingerprint density at radius 3 is 2.48 bits per heavy atom. The third-order valence-corrected chi connectivity index (χ3v) is 3.66. The lowest BCUT2D eigenvalue weighted by Crippen LogP contribution is -2.04. The molecule has 0 saturated heterocycles. The second kappa shape index (κ2) is 6.79. The molecule has 0 bridgehead atoms. The van der Waals surface area contributed by atoms with Crippen molar-refractivity contribution in [1.82, 2.24) is 4.98 Å². The topological polar surface area (TPSA) is 109 Å². The van der Waals surface area contributed by atoms with Gasteiger partial charge in [-0.3, -0.25) is 10.1 Å². The van der Waals surface area contributed by atoms with Gasteiger partial charge in [-0.2, -0.15) is 0 Å². The fourth-order valence-corrected chi connectivity index (χ4v) is 2.46. The molecular weight excluding hydrogens is 322 g/mol. The van der Waals surface area contributed by atoms with Crippen LogP contribution < -0.4 is 0 Å². The van der Waals surface area contributed by atoms with Crippen molar-refractivity contribution in [2.24, 2.45) is 5.16 Å². The summed E-state index contributed by atoms with van der Waals surface area (Å²) >= 11 is 0. The van der Waals surface area contributed by atoms with Crippen molar-refractivity contribution in [3.63, 3.8) is 0 Å². The van der Waals surface area contributed by atoms with Crippen molar-refractivity contribution in [2.45, 2.75) is 0 Å². The first-order chi connectivity index (χ1) is 12.1. The van der Waals surface area contributed by atoms with Crippen molar-refractivity contribution in [3.8, 4) is 17.0 Å². The van der Waals surface area contributed by atoms with Crippen LogP contribution in [0.25, 0.3) is 11.1 Å². The Morgan fingerprint density at radius 2 is 1.80 bits per heavy atom. The molecule has 2 aromatic carbocycles. The van der Waals surface area contributed by atoms with Crippen molar-refractivity contribution in [1.29, 1.82) is 0 Å². The maximum Gasteiger partial charge on any atom is 0.270 e. The molecule has 1 aromatic heterocycles. The summed E-state index contributed by atoms with van der Waals surface area (Å²) in [6.07, 6.45) is 1.37. The largest absolute Gasteiger partial charge is 0.493 e. The van der Waals surface area contributed by atoms with Crippen LogP contribution in [0.4, 0.5) is 5.69 Å². The summed E-state index contributed by atoms with van der Waals surface area (Å²) in [5.74, 6) is -0.269. The molecule has 0 spiro atoms. The number of hydrogen-bond acceptors (Lipinski definition) is 6. The monoisotopic (exact) mass is 335 g/mol. The van der Waals surface area contributed by atoms with E-state index in [1.54, 1.807) is 36.4 Å². The Kier molecular flexibility index (Phi) is 4.38. The van der Waals surface area contributed by atoms with Crippen molar-refractivity contribution in [2.75, 3.05) is 0 Å². The van der Waals surface area contributed by atoms with Crippen molar-refractivity contribution >= 4 is 11.4 Å². The van der Waals surface area contributed by atoms with E-state index in [2.05, 4.69) is 10.1 Å². The van der Waals surface area contributed by atoms with Crippen LogP contribution in [0.1, 0.15) is 11.1 Å². The van der Waals surface area contributed by atoms with Gasteiger partial charge in [0.2, 0.25) is 5.88 Å². The maximum atomic E-state index is 11.0. The van der Waals surface area contributed by atoms with E-state index in [4.69, 9.17) is 0 Å². The number of nitro groups is 1. The lowest BCUT2D eigenvalue weighted by Gasteiger charge is -2.09. The molecule has 1 heterocycles. The molecule has 0 amide bonds. The summed E-state index contributed by atoms with van der Waals surface area (Å²) in [7, 11) is 0. The molecule has 7 nitrogen and oxygen atoms in total. The van der Waals surface area contributed by atoms with E-state index in [1.807, 2.05) is 6.07 Å². The Hall–Kier alpha value is -3.74. The highest BCUT2D eigenvalue weighted by atomic mass is 16.6. The molecule has 3 aromatic rings. The molecule has 0 atom stereocenters. The summed E-state index contributed by atoms with van der Waals surface area (Å²) in [5.41, 5.74) is 2.06. The number of aromatic nitrogens is 1. The fraction of sp³-hybridized carbons (Fsp3) is 0. The van der Waals surface area contributed by atoms with E-state index in [0.29, 0.717) is 22.3 Å². The van der Waals surface area contributed by atoms with E-state index in [1.165, 1.54) is 24.4 Å². The third-order valence-electron chi connectivity index (χ3n) is 3.66. The lowest BCUT2D eigenvalue weighted by atomic mass is 9.99. The predicted molar refractivity (Wildman–Crippen MR) is 91.9 cm³/mol. The molecule has 0 aliphatic heterocycles. The summed E-state index contributed by atoms with van der Waals surface area (Å²) in [4.78, 5) is 14.4. The van der Waals surface area contributed by atoms with Gasteiger partial charge in [-0.15, -0.1) is 0 Å². The number of benzene rings is 2. The van der Waals surface area contributed by atoms with Gasteiger partial charge < -0.3 is 10.3 Å². The fourth-order valence-electron chi connectivity index (χ4n) is 2.46. The van der Waals surface area contributed by atoms with E-state index >= 15 is 0 Å². The van der Waals surface area contributed by atoms with E-state index < -0.39 is 4.92 Å². The number of non-ortho nitro benzene ring substituents is 1. The highest BCUT2D eigenvalue weighted by Crippen LogP contribution is 2.31. The van der Waals surface area contributed by atoms with E-state index in [9.17, 15) is 20.4 Å². The van der Waals surface area contributed by atoms with Gasteiger partial charge in [0.1, 0.15) is 5.71 Å². The quantitative estimate of drug-likeness (QED) is 0.328. The first kappa shape index (κ1) is 16.1. The van der Waals surface area contributed by atoms with Crippen LogP contribution in [0.3, 0.4) is 0 Å². The first-order valence-electron chi connectivity index (χ1n) is 7.32. The minimum absolute atomic E-state index is 0.0959. The number of aromatic hydroxyl groups is 1. The number of nitro benzene ring substituents is 1. The molecule has 124 valence electrons. The maximum absolute atomic E-state index is 11.0. The Labute approximate surface area is 142 Å². The second-order valence-corrected chi connectivity index (χ2v) is 5.22. The molecular formula is C18H13N3O4. The van der Waals surface area contributed by atoms with Crippen LogP contribution in [0, 0.1) is 10.1 Å². The number of oxime groups is 1. The molecule has 0 radical (unpaired) electrons. The zero-order valence-corrected chi connectivity index (χ0v) is 12.9. The SMILES string of the molecule is O=[N+]([O-])c1cccc(-c2cc(C(=NO)c3ccccc3)cnc2O)c1. The van der Waals surface area contributed by atoms with Crippen LogP contribution in [-0.4, -0.2) is 25.9 Å². The van der Waals surface area contributed by atoms with Crippen LogP contribution >= 0.6 is 0 Å². The van der Waals surface area contributed by atoms with Crippen LogP contribution in [0.5, 0.6) is 5.88 Å². The molecule has 0 saturated carbocycles. The minimum Gasteiger partial charge on any atom is -0.493 e. The average Bonchev–Trinajstić information content (AvgIpc) is 2.64. The number of rotatable bonds is 4. The van der Waals surface area contributed by atoms with Crippen molar-refractivity contribution in [3.05, 3.63) is 88.1 Å². The summed E-state index contributed by atoms with van der Waals surface area (Å²) in [6, 6.07) is 16.4. The van der Waals surface area contributed by atoms with Gasteiger partial charge in [-0.25, -0.2) is 4.98 Å². The highest BCUT2D eigenvalue weighted by molar-refractivity contribution is 6.13. The zero-order chi connectivity index (χ0) is 17.8. The number of nitrogens with zero attached hydrogens (tertiary/aromatic N) is 3. The van der Waals surface area contributed by atoms with Gasteiger partial charge in [-0.05, 0) is 11.6 Å². The third kappa shape index (κ3) is 3.30. The predicted octanol–water partition coefficient (Wildman–Crippen LogP) is 3.59. The number of pyridine rings is 1. The minimum atomic E-state index is -0.512. The average molecular weight is 335 g/mol. The van der Waals surface area contributed by atoms with Gasteiger partial charge in [0, 0.05) is 35.0 Å². The van der Waals surface area contributed by atoms with Crippen LogP contribution in [0.2, 0.25) is 0 Å². The molecule has 0 aliphatic carbocycles. The van der Waals surface area contributed by atoms with Gasteiger partial charge in [0.25, 0.3) is 5.69 Å². The molecule has 0 unspecified atom stereocenters. The summed E-state index contributed by atoms with van der Waals surface area (Å²) in [6.45, 7) is 0. The normalized spacial score (nSPS) is 11.3. The molecule has 0 fully saturated rings. The van der Waals surface area contributed by atoms with E-state index in [-0.39, 0.29) is 17.3 Å². The summed E-state index contributed by atoms with van der Waals surface area (Å²) in [5, 5.41) is 33.7. The number of hydrogen-bond donors (Lipinski definition) is 2. The van der Waals surface area contributed by atoms with Crippen LogP contribution in [0.15, 0.2) is 72.0 Å². The first-order valence-corrected chi connectivity index (χ1v) is 7.32. The Bertz CT molecular complexity index is 956. The van der Waals surface area contributed by atoms with Gasteiger partial charge >= 0.3 is 0 Å². The zero-order valence-electron chi connectivity index (χ0n) is 12.9. The smallest absolute Gasteiger partial charge is 0.270 e. The van der Waals surface area contributed by atoms with Gasteiger partial charge in [0.05, 0.1) is 4.92 Å². The van der Waals surface area contributed by atoms with Crippen LogP contribution in [-0.2, 0) is 0 Å². The summed E-state index contributed by atoms with van der Waals surface area (Å²) < 4.78 is 0. The van der Waals surface area contributed by atoms with Gasteiger partial charge in [0.15, 0.2) is 0 Å². The van der Waals surface area contributed by atoms with Crippen molar-refractivity contribution < 1.29 is 15.2 Å². The molecule has 0 aliphatic rings. The molecule has 3 rings (SSSR count). The Balaban J connectivity index is 2.10. The highest BCUT2D eigenvalue weighted by Gasteiger charge is 2.15. The lowest BCUT2D eigenvalue weighted by molar-refractivity contribution is -0.384. The Morgan fingerprint density at radius 1 is 1.04 bits per heavy atom.